The van der Waals surface area contributed by atoms with Crippen LogP contribution in [0.3, 0.4) is 0 Å². The van der Waals surface area contributed by atoms with Gasteiger partial charge in [0.25, 0.3) is 0 Å². The maximum Gasteiger partial charge on any atom is 0.0723 e. The van der Waals surface area contributed by atoms with Crippen LogP contribution in [0.25, 0.3) is 55.2 Å². The molecule has 0 atom stereocenters. The summed E-state index contributed by atoms with van der Waals surface area (Å²) in [6.45, 7) is 1.98. The van der Waals surface area contributed by atoms with Crippen molar-refractivity contribution < 1.29 is 0 Å². The van der Waals surface area contributed by atoms with Crippen LogP contribution < -0.4 is 0 Å². The van der Waals surface area contributed by atoms with E-state index < -0.39 is 0 Å². The maximum absolute atomic E-state index is 9.33. The zero-order valence-electron chi connectivity index (χ0n) is 27.3. The molecule has 0 amide bonds. The van der Waals surface area contributed by atoms with Gasteiger partial charge in [-0.05, 0) is 86.3 Å². The Bertz CT molecular complexity index is 2460. The third-order valence-electron chi connectivity index (χ3n) is 8.59. The Hall–Kier alpha value is -6.45. The van der Waals surface area contributed by atoms with E-state index >= 15 is 0 Å². The predicted octanol–water partition coefficient (Wildman–Crippen LogP) is 11.9. The molecule has 7 aromatic rings. The lowest BCUT2D eigenvalue weighted by molar-refractivity contribution is 1.33. The second-order valence-corrected chi connectivity index (χ2v) is 11.8. The van der Waals surface area contributed by atoms with E-state index in [1.54, 1.807) is 6.20 Å². The molecule has 3 nitrogen and oxygen atoms in total. The molecule has 0 spiro atoms. The van der Waals surface area contributed by atoms with Crippen LogP contribution in [-0.4, -0.2) is 16.9 Å². The zero-order chi connectivity index (χ0) is 33.4. The molecule has 1 N–H and O–H groups in total. The maximum atomic E-state index is 9.33. The molecule has 0 aliphatic carbocycles. The molecule has 0 aliphatic heterocycles. The number of nitrogens with zero attached hydrogens (tertiary/aromatic N) is 2. The second kappa shape index (κ2) is 14.5. The van der Waals surface area contributed by atoms with E-state index in [2.05, 4.69) is 132 Å². The summed E-state index contributed by atoms with van der Waals surface area (Å²) in [6, 6.07) is 46.1. The van der Waals surface area contributed by atoms with Crippen LogP contribution >= 0.6 is 0 Å². The molecule has 0 saturated heterocycles. The first-order valence-electron chi connectivity index (χ1n) is 16.4. The van der Waals surface area contributed by atoms with E-state index in [1.165, 1.54) is 21.5 Å². The first-order valence-corrected chi connectivity index (χ1v) is 16.4. The Morgan fingerprint density at radius 1 is 0.673 bits per heavy atom. The molecule has 0 bridgehead atoms. The summed E-state index contributed by atoms with van der Waals surface area (Å²) in [5.41, 5.74) is 6.90. The average Bonchev–Trinajstić information content (AvgIpc) is 3.16. The van der Waals surface area contributed by atoms with Crippen LogP contribution in [0.15, 0.2) is 187 Å². The number of hydrogen-bond acceptors (Lipinski definition) is 3. The number of pyridine rings is 1. The van der Waals surface area contributed by atoms with Crippen molar-refractivity contribution in [3.8, 4) is 11.1 Å². The van der Waals surface area contributed by atoms with E-state index in [0.29, 0.717) is 11.4 Å². The Morgan fingerprint density at radius 3 is 2.24 bits per heavy atom. The Labute approximate surface area is 287 Å². The summed E-state index contributed by atoms with van der Waals surface area (Å²) in [4.78, 5) is 9.45. The van der Waals surface area contributed by atoms with Crippen LogP contribution in [-0.2, 0) is 0 Å². The molecular weight excluding hydrogens is 595 g/mol. The molecule has 234 valence electrons. The van der Waals surface area contributed by atoms with Gasteiger partial charge in [-0.3, -0.25) is 9.98 Å². The standard InChI is InChI=1S/C46H35N3/c1-2-3-12-35(25-23-33-22-24-34-13-4-5-14-36(34)27-33)45(47)30-46(39-17-10-16-37(28-39)40-18-11-26-48-31-40)49-32-41-29-38-15-6-7-19-42(38)44-21-9-8-20-43(41)44/h2-32,47H,1H3/b3-2-,25-23+,35-12+,46-30-,47-45?,49-32+. The number of aliphatic imine (C=N–C) groups is 1. The Morgan fingerprint density at radius 2 is 1.43 bits per heavy atom. The van der Waals surface area contributed by atoms with Crippen molar-refractivity contribution in [2.75, 3.05) is 0 Å². The minimum atomic E-state index is 0.359. The lowest BCUT2D eigenvalue weighted by Crippen LogP contribution is -1.98. The summed E-state index contributed by atoms with van der Waals surface area (Å²) < 4.78 is 0. The van der Waals surface area contributed by atoms with Crippen molar-refractivity contribution in [3.63, 3.8) is 0 Å². The van der Waals surface area contributed by atoms with Gasteiger partial charge in [-0.1, -0.05) is 140 Å². The third-order valence-corrected chi connectivity index (χ3v) is 8.59. The number of benzene rings is 6. The molecule has 0 aliphatic rings. The van der Waals surface area contributed by atoms with E-state index in [-0.39, 0.29) is 0 Å². The SMILES string of the molecule is C\C=C/C=C(\C=C\c1ccc2ccccc2c1)C(=N)/C=C(\N=C\c1cc2ccccc2c2ccccc12)c1cccc(-c2cccnc2)c1. The van der Waals surface area contributed by atoms with Gasteiger partial charge in [0.1, 0.15) is 0 Å². The lowest BCUT2D eigenvalue weighted by atomic mass is 9.97. The Kier molecular flexibility index (Phi) is 9.25. The highest BCUT2D eigenvalue weighted by atomic mass is 14.7. The van der Waals surface area contributed by atoms with Gasteiger partial charge in [-0.25, -0.2) is 0 Å². The molecule has 3 heteroatoms. The van der Waals surface area contributed by atoms with Gasteiger partial charge in [-0.15, -0.1) is 0 Å². The number of nitrogens with one attached hydrogen (secondary N) is 1. The topological polar surface area (TPSA) is 49.1 Å². The van der Waals surface area contributed by atoms with Crippen molar-refractivity contribution in [2.24, 2.45) is 4.99 Å². The fourth-order valence-electron chi connectivity index (χ4n) is 6.07. The minimum absolute atomic E-state index is 0.359. The summed E-state index contributed by atoms with van der Waals surface area (Å²) in [5, 5.41) is 16.4. The van der Waals surface area contributed by atoms with E-state index in [1.807, 2.05) is 61.8 Å². The van der Waals surface area contributed by atoms with Crippen molar-refractivity contribution in [1.29, 1.82) is 5.41 Å². The number of allylic oxidation sites excluding steroid dienone is 6. The van der Waals surface area contributed by atoms with Crippen molar-refractivity contribution in [2.45, 2.75) is 6.92 Å². The van der Waals surface area contributed by atoms with Gasteiger partial charge in [0.15, 0.2) is 0 Å². The van der Waals surface area contributed by atoms with Gasteiger partial charge >= 0.3 is 0 Å². The predicted molar refractivity (Wildman–Crippen MR) is 210 cm³/mol. The smallest absolute Gasteiger partial charge is 0.0723 e. The molecule has 1 aromatic heterocycles. The summed E-state index contributed by atoms with van der Waals surface area (Å²) in [7, 11) is 0. The molecule has 0 saturated carbocycles. The highest BCUT2D eigenvalue weighted by Gasteiger charge is 2.09. The molecule has 6 aromatic carbocycles. The first-order chi connectivity index (χ1) is 24.2. The van der Waals surface area contributed by atoms with Crippen LogP contribution in [0.2, 0.25) is 0 Å². The lowest BCUT2D eigenvalue weighted by Gasteiger charge is -2.10. The van der Waals surface area contributed by atoms with E-state index in [9.17, 15) is 5.41 Å². The van der Waals surface area contributed by atoms with Gasteiger partial charge < -0.3 is 5.41 Å². The van der Waals surface area contributed by atoms with Crippen molar-refractivity contribution >= 4 is 56.0 Å². The monoisotopic (exact) mass is 629 g/mol. The van der Waals surface area contributed by atoms with Crippen LogP contribution in [0.5, 0.6) is 0 Å². The zero-order valence-corrected chi connectivity index (χ0v) is 27.3. The average molecular weight is 630 g/mol. The van der Waals surface area contributed by atoms with Gasteiger partial charge in [0, 0.05) is 35.3 Å². The van der Waals surface area contributed by atoms with Gasteiger partial charge in [0.05, 0.1) is 11.4 Å². The van der Waals surface area contributed by atoms with Crippen LogP contribution in [0, 0.1) is 5.41 Å². The first kappa shape index (κ1) is 31.2. The molecule has 7 rings (SSSR count). The van der Waals surface area contributed by atoms with Gasteiger partial charge in [0.2, 0.25) is 0 Å². The third kappa shape index (κ3) is 7.12. The molecule has 1 heterocycles. The Balaban J connectivity index is 1.32. The number of rotatable bonds is 9. The van der Waals surface area contributed by atoms with Crippen LogP contribution in [0.4, 0.5) is 0 Å². The molecule has 0 radical (unpaired) electrons. The second-order valence-electron chi connectivity index (χ2n) is 11.8. The number of hydrogen-bond donors (Lipinski definition) is 1. The summed E-state index contributed by atoms with van der Waals surface area (Å²) in [6.07, 6.45) is 17.4. The number of fused-ring (bicyclic) bond motifs is 4. The molecule has 0 fully saturated rings. The van der Waals surface area contributed by atoms with Crippen molar-refractivity contribution in [1.82, 2.24) is 4.98 Å². The molecule has 49 heavy (non-hydrogen) atoms. The summed E-state index contributed by atoms with van der Waals surface area (Å²) >= 11 is 0. The number of aromatic nitrogens is 1. The highest BCUT2D eigenvalue weighted by molar-refractivity contribution is 6.16. The van der Waals surface area contributed by atoms with Gasteiger partial charge in [-0.2, -0.15) is 0 Å². The van der Waals surface area contributed by atoms with E-state index in [0.717, 1.165) is 44.2 Å². The quantitative estimate of drug-likeness (QED) is 0.0964. The largest absolute Gasteiger partial charge is 0.300 e. The van der Waals surface area contributed by atoms with Crippen LogP contribution in [0.1, 0.15) is 23.6 Å². The fraction of sp³-hybridized carbons (Fsp3) is 0.0217. The summed E-state index contributed by atoms with van der Waals surface area (Å²) in [5.74, 6) is 0. The molecular formula is C46H35N3. The highest BCUT2D eigenvalue weighted by Crippen LogP contribution is 2.29. The molecule has 0 unspecified atom stereocenters. The van der Waals surface area contributed by atoms with Crippen molar-refractivity contribution in [3.05, 3.63) is 198 Å². The normalized spacial score (nSPS) is 12.7. The minimum Gasteiger partial charge on any atom is -0.300 e. The fourth-order valence-corrected chi connectivity index (χ4v) is 6.07. The van der Waals surface area contributed by atoms with E-state index in [4.69, 9.17) is 4.99 Å².